The molecule has 162 valence electrons. The van der Waals surface area contributed by atoms with Gasteiger partial charge in [0, 0.05) is 0 Å². The van der Waals surface area contributed by atoms with Gasteiger partial charge in [-0.2, -0.15) is 0 Å². The van der Waals surface area contributed by atoms with Crippen molar-refractivity contribution in [3.8, 4) is 0 Å². The second-order valence-corrected chi connectivity index (χ2v) is 8.02. The van der Waals surface area contributed by atoms with Gasteiger partial charge in [0.1, 0.15) is 0 Å². The van der Waals surface area contributed by atoms with Crippen LogP contribution in [0.4, 0.5) is 0 Å². The van der Waals surface area contributed by atoms with Gasteiger partial charge in [-0.15, -0.1) is 0 Å². The summed E-state index contributed by atoms with van der Waals surface area (Å²) in [6.07, 6.45) is 22.8. The first-order valence-electron chi connectivity index (χ1n) is 11.6. The highest BCUT2D eigenvalue weighted by atomic mass is 16.4. The van der Waals surface area contributed by atoms with Crippen LogP contribution in [-0.4, -0.2) is 11.1 Å². The first-order chi connectivity index (χ1) is 13.3. The second-order valence-electron chi connectivity index (χ2n) is 8.02. The summed E-state index contributed by atoms with van der Waals surface area (Å²) in [4.78, 5) is 11.2. The largest absolute Gasteiger partial charge is 0.478 e. The van der Waals surface area contributed by atoms with E-state index in [1.807, 2.05) is 12.1 Å². The van der Waals surface area contributed by atoms with Crippen LogP contribution in [0.25, 0.3) is 0 Å². The lowest BCUT2D eigenvalue weighted by Crippen LogP contribution is -2.02. The van der Waals surface area contributed by atoms with Gasteiger partial charge in [-0.1, -0.05) is 121 Å². The van der Waals surface area contributed by atoms with Crippen LogP contribution in [0, 0.1) is 0 Å². The molecule has 1 aromatic rings. The lowest BCUT2D eigenvalue weighted by Gasteiger charge is -2.06. The summed E-state index contributed by atoms with van der Waals surface area (Å²) in [7, 11) is 0. The van der Waals surface area contributed by atoms with E-state index in [1.165, 1.54) is 96.3 Å². The zero-order valence-corrected chi connectivity index (χ0v) is 18.4. The van der Waals surface area contributed by atoms with Crippen molar-refractivity contribution < 1.29 is 9.90 Å². The molecule has 0 radical (unpaired) electrons. The molecular weight excluding hydrogens is 346 g/mol. The number of carboxylic acids is 1. The summed E-state index contributed by atoms with van der Waals surface area (Å²) in [5.41, 5.74) is 1.45. The molecule has 1 rings (SSSR count). The Labute approximate surface area is 173 Å². The first kappa shape index (κ1) is 26.6. The van der Waals surface area contributed by atoms with Gasteiger partial charge in [-0.05, 0) is 24.5 Å². The zero-order valence-electron chi connectivity index (χ0n) is 18.4. The van der Waals surface area contributed by atoms with Crippen molar-refractivity contribution in [2.45, 2.75) is 116 Å². The molecule has 0 aliphatic rings. The van der Waals surface area contributed by atoms with Crippen molar-refractivity contribution in [2.75, 3.05) is 0 Å². The molecule has 0 aliphatic heterocycles. The molecule has 0 aromatic heterocycles. The van der Waals surface area contributed by atoms with E-state index in [0.717, 1.165) is 18.4 Å². The summed E-state index contributed by atoms with van der Waals surface area (Å²) >= 11 is 0. The molecular formula is C25H45NO2. The van der Waals surface area contributed by atoms with E-state index in [2.05, 4.69) is 6.92 Å². The van der Waals surface area contributed by atoms with Gasteiger partial charge in [0.15, 0.2) is 0 Å². The molecule has 3 heteroatoms. The van der Waals surface area contributed by atoms with E-state index >= 15 is 0 Å². The van der Waals surface area contributed by atoms with E-state index in [-0.39, 0.29) is 6.15 Å². The summed E-state index contributed by atoms with van der Waals surface area (Å²) in [5, 5.41) is 9.20. The molecule has 3 nitrogen and oxygen atoms in total. The fourth-order valence-corrected chi connectivity index (χ4v) is 3.81. The number of aryl methyl sites for hydroxylation is 1. The number of aromatic carboxylic acids is 1. The Kier molecular flexibility index (Phi) is 18.1. The van der Waals surface area contributed by atoms with Gasteiger partial charge >= 0.3 is 5.97 Å². The van der Waals surface area contributed by atoms with Gasteiger partial charge in [0.05, 0.1) is 5.56 Å². The summed E-state index contributed by atoms with van der Waals surface area (Å²) in [5.74, 6) is -0.804. The fourth-order valence-electron chi connectivity index (χ4n) is 3.81. The third-order valence-corrected chi connectivity index (χ3v) is 5.55. The normalized spacial score (nSPS) is 10.6. The third-order valence-electron chi connectivity index (χ3n) is 5.55. The SMILES string of the molecule is CCCCCCCCCCCCCCCCCCc1ccccc1C(=O)O.N. The van der Waals surface area contributed by atoms with Crippen molar-refractivity contribution in [1.82, 2.24) is 6.15 Å². The van der Waals surface area contributed by atoms with E-state index in [4.69, 9.17) is 0 Å². The van der Waals surface area contributed by atoms with Crippen LogP contribution in [-0.2, 0) is 6.42 Å². The predicted molar refractivity (Wildman–Crippen MR) is 122 cm³/mol. The Balaban J connectivity index is 0.00000729. The molecule has 0 saturated heterocycles. The predicted octanol–water partition coefficient (Wildman–Crippen LogP) is 8.35. The van der Waals surface area contributed by atoms with Gasteiger partial charge in [0.2, 0.25) is 0 Å². The van der Waals surface area contributed by atoms with Crippen molar-refractivity contribution in [3.05, 3.63) is 35.4 Å². The average Bonchev–Trinajstić information content (AvgIpc) is 2.68. The van der Waals surface area contributed by atoms with Gasteiger partial charge in [-0.3, -0.25) is 0 Å². The highest BCUT2D eigenvalue weighted by Gasteiger charge is 2.07. The minimum Gasteiger partial charge on any atom is -0.478 e. The molecule has 0 spiro atoms. The first-order valence-corrected chi connectivity index (χ1v) is 11.6. The highest BCUT2D eigenvalue weighted by Crippen LogP contribution is 2.16. The second kappa shape index (κ2) is 19.0. The lowest BCUT2D eigenvalue weighted by molar-refractivity contribution is 0.0695. The number of rotatable bonds is 18. The van der Waals surface area contributed by atoms with Gasteiger partial charge in [-0.25, -0.2) is 4.79 Å². The molecule has 0 unspecified atom stereocenters. The molecule has 0 saturated carbocycles. The maximum absolute atomic E-state index is 11.2. The quantitative estimate of drug-likeness (QED) is 0.247. The topological polar surface area (TPSA) is 72.3 Å². The number of carboxylic acid groups (broad SMARTS) is 1. The molecule has 0 amide bonds. The number of benzene rings is 1. The monoisotopic (exact) mass is 391 g/mol. The van der Waals surface area contributed by atoms with Crippen LogP contribution in [0.2, 0.25) is 0 Å². The minimum atomic E-state index is -0.804. The Morgan fingerprint density at radius 3 is 1.50 bits per heavy atom. The van der Waals surface area contributed by atoms with Crippen molar-refractivity contribution >= 4 is 5.97 Å². The summed E-state index contributed by atoms with van der Waals surface area (Å²) in [6, 6.07) is 7.41. The molecule has 28 heavy (non-hydrogen) atoms. The Hall–Kier alpha value is -1.35. The molecule has 0 atom stereocenters. The van der Waals surface area contributed by atoms with Crippen molar-refractivity contribution in [1.29, 1.82) is 0 Å². The average molecular weight is 392 g/mol. The molecule has 4 N–H and O–H groups in total. The lowest BCUT2D eigenvalue weighted by atomic mass is 10.00. The molecule has 1 aromatic carbocycles. The smallest absolute Gasteiger partial charge is 0.335 e. The van der Waals surface area contributed by atoms with Crippen LogP contribution < -0.4 is 6.15 Å². The van der Waals surface area contributed by atoms with Crippen LogP contribution in [0.5, 0.6) is 0 Å². The van der Waals surface area contributed by atoms with Gasteiger partial charge < -0.3 is 11.3 Å². The van der Waals surface area contributed by atoms with Crippen LogP contribution >= 0.6 is 0 Å². The number of hydrogen-bond acceptors (Lipinski definition) is 2. The number of unbranched alkanes of at least 4 members (excludes halogenated alkanes) is 15. The van der Waals surface area contributed by atoms with Gasteiger partial charge in [0.25, 0.3) is 0 Å². The Bertz CT molecular complexity index is 487. The molecule has 0 fully saturated rings. The van der Waals surface area contributed by atoms with E-state index in [0.29, 0.717) is 5.56 Å². The Morgan fingerprint density at radius 2 is 1.07 bits per heavy atom. The molecule has 0 bridgehead atoms. The van der Waals surface area contributed by atoms with Crippen LogP contribution in [0.3, 0.4) is 0 Å². The van der Waals surface area contributed by atoms with Crippen LogP contribution in [0.15, 0.2) is 24.3 Å². The maximum Gasteiger partial charge on any atom is 0.335 e. The maximum atomic E-state index is 11.2. The summed E-state index contributed by atoms with van der Waals surface area (Å²) < 4.78 is 0. The van der Waals surface area contributed by atoms with E-state index in [9.17, 15) is 9.90 Å². The summed E-state index contributed by atoms with van der Waals surface area (Å²) in [6.45, 7) is 2.28. The standard InChI is InChI=1S/C25H42O2.H3N/c1-2-3-4-5-6-7-8-9-10-11-12-13-14-15-16-17-20-23-21-18-19-22-24(23)25(26)27;/h18-19,21-22H,2-17,20H2,1H3,(H,26,27);1H3. The molecule has 0 heterocycles. The Morgan fingerprint density at radius 1 is 0.679 bits per heavy atom. The van der Waals surface area contributed by atoms with E-state index in [1.54, 1.807) is 12.1 Å². The molecule has 0 aliphatic carbocycles. The van der Waals surface area contributed by atoms with Crippen LogP contribution in [0.1, 0.15) is 126 Å². The zero-order chi connectivity index (χ0) is 19.6. The highest BCUT2D eigenvalue weighted by molar-refractivity contribution is 5.89. The number of carbonyl (C=O) groups is 1. The fraction of sp³-hybridized carbons (Fsp3) is 0.720. The van der Waals surface area contributed by atoms with E-state index < -0.39 is 5.97 Å². The number of hydrogen-bond donors (Lipinski definition) is 2. The third kappa shape index (κ3) is 13.8. The minimum absolute atomic E-state index is 0. The van der Waals surface area contributed by atoms with Crippen molar-refractivity contribution in [3.63, 3.8) is 0 Å². The van der Waals surface area contributed by atoms with Crippen molar-refractivity contribution in [2.24, 2.45) is 0 Å².